The summed E-state index contributed by atoms with van der Waals surface area (Å²) in [4.78, 5) is 0. The summed E-state index contributed by atoms with van der Waals surface area (Å²) in [5.74, 6) is 1.64. The first kappa shape index (κ1) is 11.9. The molecule has 1 unspecified atom stereocenters. The van der Waals surface area contributed by atoms with Crippen molar-refractivity contribution in [2.75, 3.05) is 12.8 Å². The van der Waals surface area contributed by atoms with Gasteiger partial charge in [-0.2, -0.15) is 0 Å². The van der Waals surface area contributed by atoms with Crippen LogP contribution in [0.2, 0.25) is 0 Å². The average Bonchev–Trinajstić information content (AvgIpc) is 2.99. The van der Waals surface area contributed by atoms with Crippen molar-refractivity contribution in [3.8, 4) is 0 Å². The third kappa shape index (κ3) is 2.74. The summed E-state index contributed by atoms with van der Waals surface area (Å²) in [5.41, 5.74) is 0. The third-order valence-electron chi connectivity index (χ3n) is 2.92. The zero-order valence-corrected chi connectivity index (χ0v) is 10.9. The van der Waals surface area contributed by atoms with Crippen LogP contribution in [0.15, 0.2) is 5.16 Å². The molecule has 0 aliphatic heterocycles. The highest BCUT2D eigenvalue weighted by Crippen LogP contribution is 2.36. The second-order valence-electron chi connectivity index (χ2n) is 4.59. The lowest BCUT2D eigenvalue weighted by Gasteiger charge is -2.18. The van der Waals surface area contributed by atoms with Gasteiger partial charge in [0.1, 0.15) is 0 Å². The second kappa shape index (κ2) is 5.14. The lowest BCUT2D eigenvalue weighted by Crippen LogP contribution is -2.33. The van der Waals surface area contributed by atoms with Crippen LogP contribution < -0.4 is 5.32 Å². The van der Waals surface area contributed by atoms with E-state index in [1.165, 1.54) is 12.8 Å². The monoisotopic (exact) mass is 241 g/mol. The van der Waals surface area contributed by atoms with Crippen LogP contribution in [0.4, 0.5) is 0 Å². The van der Waals surface area contributed by atoms with Gasteiger partial charge in [0.25, 0.3) is 0 Å². The molecule has 1 aromatic heterocycles. The molecule has 1 N–H and O–H groups in total. The van der Waals surface area contributed by atoms with E-state index in [1.807, 2.05) is 11.7 Å². The number of hydrogen-bond donors (Lipinski definition) is 1. The molecular weight excluding hydrogens is 222 g/mol. The third-order valence-corrected chi connectivity index (χ3v) is 3.98. The van der Waals surface area contributed by atoms with Gasteiger partial charge in [-0.25, -0.2) is 4.68 Å². The lowest BCUT2D eigenvalue weighted by atomic mass is 10.1. The first-order chi connectivity index (χ1) is 7.72. The van der Waals surface area contributed by atoms with Crippen molar-refractivity contribution in [1.29, 1.82) is 0 Å². The predicted octanol–water partition coefficient (Wildman–Crippen LogP) is 1.34. The minimum Gasteiger partial charge on any atom is -0.316 e. The van der Waals surface area contributed by atoms with Crippen LogP contribution in [0.3, 0.4) is 0 Å². The van der Waals surface area contributed by atoms with Gasteiger partial charge in [-0.3, -0.25) is 0 Å². The highest BCUT2D eigenvalue weighted by atomic mass is 32.2. The maximum atomic E-state index is 4.08. The largest absolute Gasteiger partial charge is 0.316 e. The van der Waals surface area contributed by atoms with Crippen LogP contribution in [0.1, 0.15) is 32.7 Å². The zero-order chi connectivity index (χ0) is 11.5. The maximum absolute atomic E-state index is 4.08. The molecule has 0 aromatic carbocycles. The van der Waals surface area contributed by atoms with Gasteiger partial charge in [0.2, 0.25) is 5.16 Å². The van der Waals surface area contributed by atoms with E-state index < -0.39 is 0 Å². The highest BCUT2D eigenvalue weighted by Gasteiger charge is 2.28. The molecule has 0 spiro atoms. The van der Waals surface area contributed by atoms with Crippen molar-refractivity contribution in [2.45, 2.75) is 43.9 Å². The maximum Gasteiger partial charge on any atom is 0.209 e. The number of nitrogens with zero attached hydrogens (tertiary/aromatic N) is 4. The van der Waals surface area contributed by atoms with Crippen molar-refractivity contribution in [1.82, 2.24) is 25.5 Å². The van der Waals surface area contributed by atoms with Crippen LogP contribution in [-0.4, -0.2) is 39.0 Å². The molecule has 0 amide bonds. The van der Waals surface area contributed by atoms with E-state index in [4.69, 9.17) is 0 Å². The Bertz CT molecular complexity index is 334. The highest BCUT2D eigenvalue weighted by molar-refractivity contribution is 7.99. The molecule has 5 nitrogen and oxygen atoms in total. The summed E-state index contributed by atoms with van der Waals surface area (Å²) in [6.45, 7) is 4.46. The molecule has 16 heavy (non-hydrogen) atoms. The molecule has 1 fully saturated rings. The van der Waals surface area contributed by atoms with Crippen molar-refractivity contribution < 1.29 is 0 Å². The average molecular weight is 241 g/mol. The quantitative estimate of drug-likeness (QED) is 0.762. The molecule has 0 bridgehead atoms. The Balaban J connectivity index is 1.90. The van der Waals surface area contributed by atoms with Gasteiger partial charge >= 0.3 is 0 Å². The van der Waals surface area contributed by atoms with Crippen molar-refractivity contribution in [2.24, 2.45) is 5.92 Å². The van der Waals surface area contributed by atoms with Crippen molar-refractivity contribution >= 4 is 11.8 Å². The molecule has 1 atom stereocenters. The van der Waals surface area contributed by atoms with Gasteiger partial charge in [-0.1, -0.05) is 25.6 Å². The molecule has 0 radical (unpaired) electrons. The fraction of sp³-hybridized carbons (Fsp3) is 0.900. The van der Waals surface area contributed by atoms with E-state index in [9.17, 15) is 0 Å². The van der Waals surface area contributed by atoms with E-state index in [-0.39, 0.29) is 0 Å². The topological polar surface area (TPSA) is 55.6 Å². The summed E-state index contributed by atoms with van der Waals surface area (Å²) < 4.78 is 1.97. The summed E-state index contributed by atoms with van der Waals surface area (Å²) >= 11 is 1.75. The molecule has 1 saturated carbocycles. The molecule has 1 heterocycles. The minimum absolute atomic E-state index is 0.509. The number of tetrazole rings is 1. The smallest absolute Gasteiger partial charge is 0.209 e. The van der Waals surface area contributed by atoms with Gasteiger partial charge in [0.15, 0.2) is 0 Å². The SMILES string of the molecule is CNC(CSc1nnnn1C1CC1)C(C)C. The fourth-order valence-electron chi connectivity index (χ4n) is 1.60. The number of hydrogen-bond acceptors (Lipinski definition) is 5. The van der Waals surface area contributed by atoms with E-state index in [0.717, 1.165) is 10.9 Å². The van der Waals surface area contributed by atoms with E-state index >= 15 is 0 Å². The number of nitrogens with one attached hydrogen (secondary N) is 1. The number of rotatable bonds is 6. The van der Waals surface area contributed by atoms with Gasteiger partial charge in [0.05, 0.1) is 6.04 Å². The molecular formula is C10H19N5S. The van der Waals surface area contributed by atoms with Crippen LogP contribution in [0, 0.1) is 5.92 Å². The Kier molecular flexibility index (Phi) is 3.81. The van der Waals surface area contributed by atoms with Crippen LogP contribution >= 0.6 is 11.8 Å². The van der Waals surface area contributed by atoms with E-state index in [2.05, 4.69) is 34.7 Å². The summed E-state index contributed by atoms with van der Waals surface area (Å²) in [5, 5.41) is 16.2. The van der Waals surface area contributed by atoms with Gasteiger partial charge in [-0.05, 0) is 36.2 Å². The number of thioether (sulfide) groups is 1. The Morgan fingerprint density at radius 2 is 2.25 bits per heavy atom. The van der Waals surface area contributed by atoms with Crippen molar-refractivity contribution in [3.63, 3.8) is 0 Å². The van der Waals surface area contributed by atoms with Gasteiger partial charge in [-0.15, -0.1) is 5.10 Å². The molecule has 1 aliphatic rings. The van der Waals surface area contributed by atoms with Crippen LogP contribution in [0.25, 0.3) is 0 Å². The first-order valence-corrected chi connectivity index (χ1v) is 6.79. The number of aromatic nitrogens is 4. The Labute approximate surface area is 100 Å². The van der Waals surface area contributed by atoms with Gasteiger partial charge in [0, 0.05) is 11.8 Å². The van der Waals surface area contributed by atoms with E-state index in [1.54, 1.807) is 11.8 Å². The van der Waals surface area contributed by atoms with E-state index in [0.29, 0.717) is 18.0 Å². The molecule has 1 aromatic rings. The standard InChI is InChI=1S/C10H19N5S/c1-7(2)9(11-3)6-16-10-12-13-14-15(10)8-4-5-8/h7-9,11H,4-6H2,1-3H3. The molecule has 90 valence electrons. The normalized spacial score (nSPS) is 18.0. The summed E-state index contributed by atoms with van der Waals surface area (Å²) in [6.07, 6.45) is 2.44. The van der Waals surface area contributed by atoms with Crippen LogP contribution in [0.5, 0.6) is 0 Å². The zero-order valence-electron chi connectivity index (χ0n) is 10.1. The lowest BCUT2D eigenvalue weighted by molar-refractivity contribution is 0.464. The summed E-state index contributed by atoms with van der Waals surface area (Å²) in [6, 6.07) is 1.07. The fourth-order valence-corrected chi connectivity index (χ4v) is 2.89. The summed E-state index contributed by atoms with van der Waals surface area (Å²) in [7, 11) is 2.01. The molecule has 2 rings (SSSR count). The van der Waals surface area contributed by atoms with Crippen molar-refractivity contribution in [3.05, 3.63) is 0 Å². The molecule has 1 aliphatic carbocycles. The Hall–Kier alpha value is -0.620. The Morgan fingerprint density at radius 3 is 2.81 bits per heavy atom. The molecule has 6 heteroatoms. The Morgan fingerprint density at radius 1 is 1.50 bits per heavy atom. The minimum atomic E-state index is 0.509. The first-order valence-electron chi connectivity index (χ1n) is 5.80. The van der Waals surface area contributed by atoms with Crippen LogP contribution in [-0.2, 0) is 0 Å². The molecule has 0 saturated heterocycles. The second-order valence-corrected chi connectivity index (χ2v) is 5.57. The predicted molar refractivity (Wildman–Crippen MR) is 64.5 cm³/mol. The van der Waals surface area contributed by atoms with Gasteiger partial charge < -0.3 is 5.32 Å².